The van der Waals surface area contributed by atoms with E-state index in [1.165, 1.54) is 16.8 Å². The lowest BCUT2D eigenvalue weighted by atomic mass is 10.2. The van der Waals surface area contributed by atoms with Gasteiger partial charge in [0.25, 0.3) is 0 Å². The summed E-state index contributed by atoms with van der Waals surface area (Å²) in [6.07, 6.45) is -0.385. The Kier molecular flexibility index (Phi) is 4.06. The van der Waals surface area contributed by atoms with Crippen molar-refractivity contribution in [3.05, 3.63) is 35.1 Å². The van der Waals surface area contributed by atoms with Gasteiger partial charge in [-0.25, -0.2) is 19.3 Å². The van der Waals surface area contributed by atoms with Gasteiger partial charge in [-0.05, 0) is 36.6 Å². The van der Waals surface area contributed by atoms with Crippen LogP contribution in [0.4, 0.5) is 17.6 Å². The molecular weight excluding hydrogens is 374 g/mol. The van der Waals surface area contributed by atoms with Gasteiger partial charge in [0, 0.05) is 0 Å². The summed E-state index contributed by atoms with van der Waals surface area (Å²) in [5.74, 6) is -0.821. The highest BCUT2D eigenvalue weighted by atomic mass is 35.5. The highest BCUT2D eigenvalue weighted by Gasteiger charge is 2.39. The molecule has 3 heterocycles. The summed E-state index contributed by atoms with van der Waals surface area (Å²) in [6, 6.07) is 2.79. The molecular formula is C16H12ClF4N5. The van der Waals surface area contributed by atoms with Crippen molar-refractivity contribution >= 4 is 22.6 Å². The van der Waals surface area contributed by atoms with E-state index in [1.54, 1.807) is 0 Å². The fourth-order valence-corrected chi connectivity index (χ4v) is 3.43. The van der Waals surface area contributed by atoms with Crippen LogP contribution in [0.1, 0.15) is 37.4 Å². The molecule has 1 aliphatic rings. The predicted molar refractivity (Wildman–Crippen MR) is 86.0 cm³/mol. The highest BCUT2D eigenvalue weighted by Crippen LogP contribution is 2.38. The number of aromatic nitrogens is 5. The summed E-state index contributed by atoms with van der Waals surface area (Å²) in [5.41, 5.74) is -1.45. The van der Waals surface area contributed by atoms with Gasteiger partial charge in [-0.2, -0.15) is 18.3 Å². The molecule has 1 fully saturated rings. The van der Waals surface area contributed by atoms with E-state index in [-0.39, 0.29) is 33.7 Å². The van der Waals surface area contributed by atoms with Gasteiger partial charge < -0.3 is 0 Å². The van der Waals surface area contributed by atoms with Crippen LogP contribution in [0.15, 0.2) is 18.3 Å². The summed E-state index contributed by atoms with van der Waals surface area (Å²) in [7, 11) is 0. The van der Waals surface area contributed by atoms with E-state index in [0.29, 0.717) is 0 Å². The minimum Gasteiger partial charge on any atom is -0.260 e. The van der Waals surface area contributed by atoms with Crippen molar-refractivity contribution in [2.75, 3.05) is 0 Å². The lowest BCUT2D eigenvalue weighted by Gasteiger charge is -2.11. The second-order valence-corrected chi connectivity index (χ2v) is 6.47. The second kappa shape index (κ2) is 6.15. The number of alkyl halides is 3. The predicted octanol–water partition coefficient (Wildman–Crippen LogP) is 4.81. The van der Waals surface area contributed by atoms with Crippen LogP contribution >= 0.6 is 11.6 Å². The highest BCUT2D eigenvalue weighted by molar-refractivity contribution is 6.28. The molecule has 0 atom stereocenters. The van der Waals surface area contributed by atoms with Gasteiger partial charge in [0.1, 0.15) is 11.2 Å². The lowest BCUT2D eigenvalue weighted by molar-refractivity contribution is -0.140. The van der Waals surface area contributed by atoms with Gasteiger partial charge in [-0.1, -0.05) is 12.8 Å². The van der Waals surface area contributed by atoms with E-state index in [0.717, 1.165) is 31.9 Å². The molecule has 1 saturated carbocycles. The summed E-state index contributed by atoms with van der Waals surface area (Å²) in [5, 5.41) is 3.57. The van der Waals surface area contributed by atoms with E-state index in [4.69, 9.17) is 11.6 Å². The van der Waals surface area contributed by atoms with Gasteiger partial charge in [0.05, 0.1) is 23.4 Å². The zero-order valence-electron chi connectivity index (χ0n) is 13.3. The van der Waals surface area contributed by atoms with E-state index in [2.05, 4.69) is 20.1 Å². The van der Waals surface area contributed by atoms with Crippen LogP contribution in [0.25, 0.3) is 22.4 Å². The number of hydrogen-bond donors (Lipinski definition) is 0. The first kappa shape index (κ1) is 17.1. The summed E-state index contributed by atoms with van der Waals surface area (Å²) < 4.78 is 55.7. The van der Waals surface area contributed by atoms with Gasteiger partial charge in [-0.3, -0.25) is 4.68 Å². The Morgan fingerprint density at radius 3 is 2.54 bits per heavy atom. The normalized spacial score (nSPS) is 15.9. The smallest absolute Gasteiger partial charge is 0.260 e. The molecule has 0 saturated heterocycles. The maximum atomic E-state index is 14.0. The molecule has 0 aliphatic heterocycles. The number of fused-ring (bicyclic) bond motifs is 1. The molecule has 4 rings (SSSR count). The zero-order valence-corrected chi connectivity index (χ0v) is 14.0. The Labute approximate surface area is 150 Å². The molecule has 0 unspecified atom stereocenters. The van der Waals surface area contributed by atoms with Gasteiger partial charge in [0.2, 0.25) is 5.28 Å². The number of rotatable bonds is 2. The molecule has 26 heavy (non-hydrogen) atoms. The molecule has 3 aromatic rings. The minimum atomic E-state index is -4.67. The Morgan fingerprint density at radius 2 is 1.85 bits per heavy atom. The number of halogens is 5. The van der Waals surface area contributed by atoms with E-state index in [9.17, 15) is 17.6 Å². The molecule has 10 heteroatoms. The average molecular weight is 386 g/mol. The minimum absolute atomic E-state index is 0.0595. The van der Waals surface area contributed by atoms with Crippen molar-refractivity contribution in [3.8, 4) is 11.4 Å². The largest absolute Gasteiger partial charge is 0.437 e. The molecule has 0 amide bonds. The third-order valence-corrected chi connectivity index (χ3v) is 4.63. The lowest BCUT2D eigenvalue weighted by Crippen LogP contribution is -2.10. The molecule has 0 bridgehead atoms. The number of pyridine rings is 1. The average Bonchev–Trinajstić information content (AvgIpc) is 3.23. The fourth-order valence-electron chi connectivity index (χ4n) is 3.30. The van der Waals surface area contributed by atoms with E-state index in [1.807, 2.05) is 0 Å². The molecule has 0 N–H and O–H groups in total. The first-order valence-corrected chi connectivity index (χ1v) is 8.37. The van der Waals surface area contributed by atoms with Crippen LogP contribution < -0.4 is 0 Å². The van der Waals surface area contributed by atoms with E-state index < -0.39 is 17.7 Å². The van der Waals surface area contributed by atoms with Gasteiger partial charge >= 0.3 is 6.18 Å². The third kappa shape index (κ3) is 2.90. The van der Waals surface area contributed by atoms with Crippen molar-refractivity contribution in [1.82, 2.24) is 24.7 Å². The standard InChI is InChI=1S/C16H12ClF4N5/c17-15-22-7-9(18)12(24-15)10-5-6-11-13(23-10)14(16(19,20)21)25-26(11)8-3-1-2-4-8/h5-8H,1-4H2. The molecule has 3 aromatic heterocycles. The van der Waals surface area contributed by atoms with Crippen LogP contribution in [-0.2, 0) is 6.18 Å². The Hall–Kier alpha value is -2.29. The van der Waals surface area contributed by atoms with Crippen LogP contribution in [0.5, 0.6) is 0 Å². The fraction of sp³-hybridized carbons (Fsp3) is 0.375. The Bertz CT molecular complexity index is 979. The quantitative estimate of drug-likeness (QED) is 0.469. The van der Waals surface area contributed by atoms with Crippen molar-refractivity contribution in [2.45, 2.75) is 37.9 Å². The van der Waals surface area contributed by atoms with Gasteiger partial charge in [0.15, 0.2) is 11.5 Å². The number of hydrogen-bond acceptors (Lipinski definition) is 4. The number of nitrogens with zero attached hydrogens (tertiary/aromatic N) is 5. The maximum Gasteiger partial charge on any atom is 0.437 e. The topological polar surface area (TPSA) is 56.5 Å². The van der Waals surface area contributed by atoms with Crippen LogP contribution in [-0.4, -0.2) is 24.7 Å². The monoisotopic (exact) mass is 385 g/mol. The summed E-state index contributed by atoms with van der Waals surface area (Å²) in [6.45, 7) is 0. The van der Waals surface area contributed by atoms with Crippen LogP contribution in [0.2, 0.25) is 5.28 Å². The summed E-state index contributed by atoms with van der Waals surface area (Å²) in [4.78, 5) is 11.2. The molecule has 1 aliphatic carbocycles. The Morgan fingerprint density at radius 1 is 1.12 bits per heavy atom. The van der Waals surface area contributed by atoms with Crippen molar-refractivity contribution < 1.29 is 17.6 Å². The third-order valence-electron chi connectivity index (χ3n) is 4.45. The van der Waals surface area contributed by atoms with Crippen LogP contribution in [0, 0.1) is 5.82 Å². The van der Waals surface area contributed by atoms with Gasteiger partial charge in [-0.15, -0.1) is 0 Å². The molecule has 136 valence electrons. The second-order valence-electron chi connectivity index (χ2n) is 6.13. The molecule has 0 spiro atoms. The molecule has 0 radical (unpaired) electrons. The SMILES string of the molecule is Fc1cnc(Cl)nc1-c1ccc2c(n1)c(C(F)(F)F)nn2C1CCCC1. The first-order valence-electron chi connectivity index (χ1n) is 7.99. The van der Waals surface area contributed by atoms with Crippen molar-refractivity contribution in [2.24, 2.45) is 0 Å². The Balaban J connectivity index is 1.93. The maximum absolute atomic E-state index is 14.0. The first-order chi connectivity index (χ1) is 12.3. The van der Waals surface area contributed by atoms with Crippen LogP contribution in [0.3, 0.4) is 0 Å². The molecule has 5 nitrogen and oxygen atoms in total. The molecule has 0 aromatic carbocycles. The van der Waals surface area contributed by atoms with E-state index >= 15 is 0 Å². The zero-order chi connectivity index (χ0) is 18.5. The summed E-state index contributed by atoms with van der Waals surface area (Å²) >= 11 is 5.67. The van der Waals surface area contributed by atoms with Crippen molar-refractivity contribution in [1.29, 1.82) is 0 Å². The van der Waals surface area contributed by atoms with Crippen molar-refractivity contribution in [3.63, 3.8) is 0 Å².